The molecule has 1 aliphatic rings. The molecule has 0 heterocycles. The molecule has 0 bridgehead atoms. The van der Waals surface area contributed by atoms with Gasteiger partial charge in [0.1, 0.15) is 11.5 Å². The van der Waals surface area contributed by atoms with E-state index in [1.165, 1.54) is 0 Å². The Balaban J connectivity index is 2.61. The van der Waals surface area contributed by atoms with Gasteiger partial charge in [0.25, 0.3) is 0 Å². The molecule has 0 atom stereocenters. The van der Waals surface area contributed by atoms with Gasteiger partial charge in [-0.1, -0.05) is 65.8 Å². The summed E-state index contributed by atoms with van der Waals surface area (Å²) in [5, 5.41) is 20.6. The molecule has 2 rings (SSSR count). The first-order valence-corrected chi connectivity index (χ1v) is 7.89. The third kappa shape index (κ3) is 2.55. The van der Waals surface area contributed by atoms with Crippen LogP contribution in [0.4, 0.5) is 0 Å². The monoisotopic (exact) mass is 300 g/mol. The minimum absolute atomic E-state index is 0.0259. The van der Waals surface area contributed by atoms with Crippen molar-refractivity contribution >= 4 is 5.57 Å². The molecule has 0 aliphatic heterocycles. The van der Waals surface area contributed by atoms with E-state index in [4.69, 9.17) is 0 Å². The third-order valence-corrected chi connectivity index (χ3v) is 5.20. The predicted molar refractivity (Wildman–Crippen MR) is 92.8 cm³/mol. The molecular weight excluding hydrogens is 272 g/mol. The lowest BCUT2D eigenvalue weighted by Gasteiger charge is -2.53. The number of benzene rings is 1. The Morgan fingerprint density at radius 2 is 1.45 bits per heavy atom. The highest BCUT2D eigenvalue weighted by molar-refractivity contribution is 5.75. The van der Waals surface area contributed by atoms with Crippen molar-refractivity contribution in [3.8, 4) is 5.75 Å². The molecule has 1 aliphatic carbocycles. The van der Waals surface area contributed by atoms with Crippen molar-refractivity contribution < 1.29 is 10.2 Å². The Bertz CT molecular complexity index is 608. The number of phenolic OH excluding ortho intramolecular Hbond substituents is 1. The molecule has 0 radical (unpaired) electrons. The largest absolute Gasteiger partial charge is 0.508 e. The summed E-state index contributed by atoms with van der Waals surface area (Å²) in [6, 6.07) is 7.24. The summed E-state index contributed by atoms with van der Waals surface area (Å²) in [6.07, 6.45) is 4.67. The number of aromatic hydroxyl groups is 1. The predicted octanol–water partition coefficient (Wildman–Crippen LogP) is 5.70. The normalized spacial score (nSPS) is 18.6. The van der Waals surface area contributed by atoms with Crippen LogP contribution in [0, 0.1) is 16.2 Å². The quantitative estimate of drug-likeness (QED) is 0.698. The molecule has 0 spiro atoms. The molecule has 0 unspecified atom stereocenters. The topological polar surface area (TPSA) is 40.5 Å². The second-order valence-corrected chi connectivity index (χ2v) is 8.36. The number of aliphatic hydroxyl groups excluding tert-OH is 1. The number of allylic oxidation sites excluding steroid dienone is 3. The van der Waals surface area contributed by atoms with Crippen molar-refractivity contribution in [3.63, 3.8) is 0 Å². The molecule has 1 aromatic rings. The van der Waals surface area contributed by atoms with Crippen LogP contribution < -0.4 is 0 Å². The van der Waals surface area contributed by atoms with E-state index in [1.54, 1.807) is 12.1 Å². The molecule has 0 amide bonds. The smallest absolute Gasteiger partial charge is 0.123 e. The lowest BCUT2D eigenvalue weighted by atomic mass is 9.50. The summed E-state index contributed by atoms with van der Waals surface area (Å²) in [4.78, 5) is 0. The summed E-state index contributed by atoms with van der Waals surface area (Å²) in [5.41, 5.74) is 1.49. The maximum atomic E-state index is 10.4. The second kappa shape index (κ2) is 5.19. The fourth-order valence-corrected chi connectivity index (χ4v) is 3.87. The number of hydrogen-bond acceptors (Lipinski definition) is 2. The van der Waals surface area contributed by atoms with Crippen molar-refractivity contribution in [3.05, 3.63) is 47.7 Å². The van der Waals surface area contributed by atoms with E-state index in [1.807, 2.05) is 18.2 Å². The summed E-state index contributed by atoms with van der Waals surface area (Å²) in [5.74, 6) is 0.474. The molecular formula is C20H28O2. The van der Waals surface area contributed by atoms with Gasteiger partial charge in [0.05, 0.1) is 0 Å². The first kappa shape index (κ1) is 16.7. The van der Waals surface area contributed by atoms with E-state index in [9.17, 15) is 10.2 Å². The van der Waals surface area contributed by atoms with Gasteiger partial charge in [0.15, 0.2) is 0 Å². The van der Waals surface area contributed by atoms with Gasteiger partial charge in [0, 0.05) is 16.6 Å². The van der Waals surface area contributed by atoms with Gasteiger partial charge in [-0.3, -0.25) is 0 Å². The van der Waals surface area contributed by atoms with E-state index < -0.39 is 0 Å². The van der Waals surface area contributed by atoms with E-state index in [0.717, 1.165) is 11.1 Å². The molecule has 0 saturated carbocycles. The van der Waals surface area contributed by atoms with Crippen molar-refractivity contribution in [1.29, 1.82) is 0 Å². The van der Waals surface area contributed by atoms with Crippen LogP contribution in [0.2, 0.25) is 0 Å². The van der Waals surface area contributed by atoms with Crippen LogP contribution in [0.5, 0.6) is 5.75 Å². The molecule has 22 heavy (non-hydrogen) atoms. The summed E-state index contributed by atoms with van der Waals surface area (Å²) < 4.78 is 0. The Morgan fingerprint density at radius 1 is 0.909 bits per heavy atom. The van der Waals surface area contributed by atoms with Gasteiger partial charge in [-0.05, 0) is 29.4 Å². The van der Waals surface area contributed by atoms with E-state index in [0.29, 0.717) is 6.42 Å². The maximum absolute atomic E-state index is 10.4. The summed E-state index contributed by atoms with van der Waals surface area (Å²) in [6.45, 7) is 13.5. The van der Waals surface area contributed by atoms with Crippen molar-refractivity contribution in [2.45, 2.75) is 48.0 Å². The highest BCUT2D eigenvalue weighted by Gasteiger charge is 2.50. The van der Waals surface area contributed by atoms with Crippen molar-refractivity contribution in [2.24, 2.45) is 16.2 Å². The fourth-order valence-electron chi connectivity index (χ4n) is 3.87. The molecule has 1 aromatic carbocycles. The minimum atomic E-state index is -0.107. The lowest BCUT2D eigenvalue weighted by Crippen LogP contribution is -2.46. The number of phenols is 1. The maximum Gasteiger partial charge on any atom is 0.123 e. The number of aliphatic hydroxyl groups is 1. The van der Waals surface area contributed by atoms with Crippen molar-refractivity contribution in [2.75, 3.05) is 0 Å². The average molecular weight is 300 g/mol. The Hall–Kier alpha value is -1.70. The molecule has 0 saturated heterocycles. The zero-order chi connectivity index (χ0) is 16.8. The molecule has 2 heteroatoms. The lowest BCUT2D eigenvalue weighted by molar-refractivity contribution is 0.0202. The van der Waals surface area contributed by atoms with E-state index in [-0.39, 0.29) is 27.8 Å². The SMILES string of the molecule is CC(C)(C)C1(C(C)(C)C)C=CC(O)=C(c2ccccc2O)C1. The Labute approximate surface area is 134 Å². The van der Waals surface area contributed by atoms with Crippen LogP contribution in [-0.2, 0) is 0 Å². The molecule has 2 N–H and O–H groups in total. The highest BCUT2D eigenvalue weighted by Crippen LogP contribution is 2.59. The zero-order valence-corrected chi connectivity index (χ0v) is 14.6. The average Bonchev–Trinajstić information content (AvgIpc) is 2.37. The Morgan fingerprint density at radius 3 is 1.95 bits per heavy atom. The van der Waals surface area contributed by atoms with E-state index >= 15 is 0 Å². The Kier molecular flexibility index (Phi) is 3.93. The van der Waals surface area contributed by atoms with Crippen LogP contribution in [0.1, 0.15) is 53.5 Å². The summed E-state index contributed by atoms with van der Waals surface area (Å²) >= 11 is 0. The van der Waals surface area contributed by atoms with E-state index in [2.05, 4.69) is 47.6 Å². The van der Waals surface area contributed by atoms with Gasteiger partial charge >= 0.3 is 0 Å². The number of para-hydroxylation sites is 1. The molecule has 0 aromatic heterocycles. The minimum Gasteiger partial charge on any atom is -0.508 e. The van der Waals surface area contributed by atoms with Gasteiger partial charge in [-0.2, -0.15) is 0 Å². The standard InChI is InChI=1S/C20H28O2/c1-18(2,3)20(19(4,5)6)12-11-17(22)15(13-20)14-9-7-8-10-16(14)21/h7-12,21-22H,13H2,1-6H3. The van der Waals surface area contributed by atoms with Crippen LogP contribution in [0.15, 0.2) is 42.2 Å². The second-order valence-electron chi connectivity index (χ2n) is 8.36. The van der Waals surface area contributed by atoms with Gasteiger partial charge in [-0.25, -0.2) is 0 Å². The third-order valence-electron chi connectivity index (χ3n) is 5.20. The number of rotatable bonds is 1. The fraction of sp³-hybridized carbons (Fsp3) is 0.500. The van der Waals surface area contributed by atoms with Crippen LogP contribution in [0.25, 0.3) is 5.57 Å². The van der Waals surface area contributed by atoms with Crippen molar-refractivity contribution in [1.82, 2.24) is 0 Å². The van der Waals surface area contributed by atoms with Gasteiger partial charge < -0.3 is 10.2 Å². The van der Waals surface area contributed by atoms with Crippen LogP contribution in [0.3, 0.4) is 0 Å². The molecule has 0 fully saturated rings. The van der Waals surface area contributed by atoms with Gasteiger partial charge in [0.2, 0.25) is 0 Å². The van der Waals surface area contributed by atoms with Crippen LogP contribution in [-0.4, -0.2) is 10.2 Å². The first-order chi connectivity index (χ1) is 9.99. The molecule has 120 valence electrons. The van der Waals surface area contributed by atoms with Gasteiger partial charge in [-0.15, -0.1) is 0 Å². The zero-order valence-electron chi connectivity index (χ0n) is 14.6. The highest BCUT2D eigenvalue weighted by atomic mass is 16.3. The number of hydrogen-bond donors (Lipinski definition) is 2. The van der Waals surface area contributed by atoms with Crippen LogP contribution >= 0.6 is 0 Å². The first-order valence-electron chi connectivity index (χ1n) is 7.89. The molecule has 2 nitrogen and oxygen atoms in total. The summed E-state index contributed by atoms with van der Waals surface area (Å²) in [7, 11) is 0.